The van der Waals surface area contributed by atoms with E-state index in [1.807, 2.05) is 30.3 Å². The summed E-state index contributed by atoms with van der Waals surface area (Å²) < 4.78 is 5.19. The van der Waals surface area contributed by atoms with Crippen molar-refractivity contribution in [1.82, 2.24) is 15.2 Å². The van der Waals surface area contributed by atoms with Crippen LogP contribution in [0.3, 0.4) is 0 Å². The van der Waals surface area contributed by atoms with Crippen molar-refractivity contribution in [2.75, 3.05) is 24.3 Å². The maximum Gasteiger partial charge on any atom is 0.249 e. The van der Waals surface area contributed by atoms with Gasteiger partial charge in [-0.25, -0.2) is 0 Å². The van der Waals surface area contributed by atoms with Crippen LogP contribution in [0.4, 0.5) is 17.5 Å². The second kappa shape index (κ2) is 8.69. The molecule has 0 radical (unpaired) electrons. The van der Waals surface area contributed by atoms with Crippen molar-refractivity contribution in [3.63, 3.8) is 0 Å². The van der Waals surface area contributed by atoms with Crippen LogP contribution in [0, 0.1) is 0 Å². The molecule has 0 aliphatic carbocycles. The number of methoxy groups -OCH3 is 1. The number of nitrogens with zero attached hydrogens (tertiary/aromatic N) is 3. The van der Waals surface area contributed by atoms with Crippen LogP contribution >= 0.6 is 0 Å². The van der Waals surface area contributed by atoms with Crippen LogP contribution in [0.2, 0.25) is 0 Å². The minimum absolute atomic E-state index is 0.0191. The van der Waals surface area contributed by atoms with Gasteiger partial charge in [-0.05, 0) is 41.2 Å². The summed E-state index contributed by atoms with van der Waals surface area (Å²) in [6.07, 6.45) is 2.51. The van der Waals surface area contributed by atoms with Gasteiger partial charge in [0.2, 0.25) is 5.95 Å². The number of anilines is 3. The fraction of sp³-hybridized carbons (Fsp3) is 0.318. The number of nitrogens with one attached hydrogen (secondary N) is 2. The third-order valence-electron chi connectivity index (χ3n) is 4.42. The second-order valence-electron chi connectivity index (χ2n) is 7.61. The lowest BCUT2D eigenvalue weighted by molar-refractivity contribution is 0.414. The first-order valence-corrected chi connectivity index (χ1v) is 9.39. The van der Waals surface area contributed by atoms with Crippen molar-refractivity contribution in [3.05, 3.63) is 65.9 Å². The predicted octanol–water partition coefficient (Wildman–Crippen LogP) is 4.58. The summed E-state index contributed by atoms with van der Waals surface area (Å²) >= 11 is 0. The predicted molar refractivity (Wildman–Crippen MR) is 113 cm³/mol. The van der Waals surface area contributed by atoms with E-state index in [1.165, 1.54) is 11.1 Å². The summed E-state index contributed by atoms with van der Waals surface area (Å²) in [5.41, 5.74) is 3.45. The van der Waals surface area contributed by atoms with E-state index in [1.54, 1.807) is 13.3 Å². The first-order chi connectivity index (χ1) is 13.5. The van der Waals surface area contributed by atoms with Crippen molar-refractivity contribution in [2.24, 2.45) is 0 Å². The van der Waals surface area contributed by atoms with Crippen molar-refractivity contribution < 1.29 is 4.74 Å². The molecule has 0 saturated heterocycles. The molecule has 0 bridgehead atoms. The van der Waals surface area contributed by atoms with Gasteiger partial charge in [0.15, 0.2) is 5.82 Å². The number of benzene rings is 2. The Balaban J connectivity index is 1.63. The molecule has 6 heteroatoms. The lowest BCUT2D eigenvalue weighted by Crippen LogP contribution is -2.14. The van der Waals surface area contributed by atoms with Gasteiger partial charge in [-0.2, -0.15) is 10.1 Å². The van der Waals surface area contributed by atoms with Gasteiger partial charge in [0, 0.05) is 12.2 Å². The highest BCUT2D eigenvalue weighted by Gasteiger charge is 2.18. The van der Waals surface area contributed by atoms with E-state index in [2.05, 4.69) is 64.8 Å². The lowest BCUT2D eigenvalue weighted by atomic mass is 9.86. The number of hydrogen-bond donors (Lipinski definition) is 2. The average Bonchev–Trinajstić information content (AvgIpc) is 2.68. The molecular formula is C22H27N5O. The average molecular weight is 377 g/mol. The Hall–Kier alpha value is -3.15. The maximum absolute atomic E-state index is 5.19. The third kappa shape index (κ3) is 5.19. The number of aromatic nitrogens is 3. The van der Waals surface area contributed by atoms with Gasteiger partial charge in [-0.3, -0.25) is 0 Å². The Morgan fingerprint density at radius 2 is 1.75 bits per heavy atom. The Morgan fingerprint density at radius 3 is 2.46 bits per heavy atom. The molecule has 0 unspecified atom stereocenters. The quantitative estimate of drug-likeness (QED) is 0.628. The van der Waals surface area contributed by atoms with E-state index in [-0.39, 0.29) is 5.41 Å². The van der Waals surface area contributed by atoms with Crippen molar-refractivity contribution in [3.8, 4) is 5.75 Å². The van der Waals surface area contributed by atoms with E-state index >= 15 is 0 Å². The van der Waals surface area contributed by atoms with Crippen LogP contribution in [0.15, 0.2) is 54.7 Å². The van der Waals surface area contributed by atoms with E-state index in [0.717, 1.165) is 24.4 Å². The van der Waals surface area contributed by atoms with Crippen LogP contribution < -0.4 is 15.4 Å². The van der Waals surface area contributed by atoms with E-state index in [0.29, 0.717) is 11.8 Å². The highest BCUT2D eigenvalue weighted by molar-refractivity contribution is 5.60. The van der Waals surface area contributed by atoms with Crippen LogP contribution in [0.25, 0.3) is 0 Å². The van der Waals surface area contributed by atoms with Gasteiger partial charge in [0.25, 0.3) is 0 Å². The molecule has 0 aliphatic rings. The molecule has 0 aliphatic heterocycles. The zero-order valence-corrected chi connectivity index (χ0v) is 16.9. The van der Waals surface area contributed by atoms with Crippen molar-refractivity contribution in [2.45, 2.75) is 32.6 Å². The largest absolute Gasteiger partial charge is 0.497 e. The minimum atomic E-state index is 0.0191. The summed E-state index contributed by atoms with van der Waals surface area (Å²) in [5, 5.41) is 14.8. The van der Waals surface area contributed by atoms with Gasteiger partial charge in [0.1, 0.15) is 5.75 Å². The Labute approximate surface area is 166 Å². The normalized spacial score (nSPS) is 11.1. The highest BCUT2D eigenvalue weighted by atomic mass is 16.5. The van der Waals surface area contributed by atoms with Crippen molar-refractivity contribution >= 4 is 17.5 Å². The number of ether oxygens (including phenoxy) is 1. The number of rotatable bonds is 7. The van der Waals surface area contributed by atoms with Gasteiger partial charge in [-0.1, -0.05) is 51.1 Å². The van der Waals surface area contributed by atoms with E-state index in [4.69, 9.17) is 4.74 Å². The Bertz CT molecular complexity index is 903. The Kier molecular flexibility index (Phi) is 6.09. The van der Waals surface area contributed by atoms with Crippen LogP contribution in [-0.2, 0) is 11.8 Å². The third-order valence-corrected chi connectivity index (χ3v) is 4.42. The minimum Gasteiger partial charge on any atom is -0.497 e. The molecule has 146 valence electrons. The van der Waals surface area contributed by atoms with Gasteiger partial charge in [0.05, 0.1) is 13.3 Å². The molecule has 2 N–H and O–H groups in total. The molecule has 0 spiro atoms. The fourth-order valence-corrected chi connectivity index (χ4v) is 2.94. The van der Waals surface area contributed by atoms with Crippen LogP contribution in [-0.4, -0.2) is 28.8 Å². The molecule has 0 saturated carbocycles. The molecule has 0 fully saturated rings. The SMILES string of the molecule is COc1ccc(CCNc2cnnc(Nc3ccccc3C(C)(C)C)n2)cc1. The molecule has 2 aromatic carbocycles. The first-order valence-electron chi connectivity index (χ1n) is 9.39. The zero-order valence-electron chi connectivity index (χ0n) is 16.9. The number of hydrogen-bond acceptors (Lipinski definition) is 6. The zero-order chi connectivity index (χ0) is 20.0. The van der Waals surface area contributed by atoms with Gasteiger partial charge >= 0.3 is 0 Å². The topological polar surface area (TPSA) is 72.0 Å². The summed E-state index contributed by atoms with van der Waals surface area (Å²) in [5.74, 6) is 2.04. The molecule has 0 atom stereocenters. The first kappa shape index (κ1) is 19.6. The summed E-state index contributed by atoms with van der Waals surface area (Å²) in [7, 11) is 1.67. The molecule has 0 amide bonds. The maximum atomic E-state index is 5.19. The summed E-state index contributed by atoms with van der Waals surface area (Å²) in [6, 6.07) is 16.3. The fourth-order valence-electron chi connectivity index (χ4n) is 2.94. The standard InChI is InChI=1S/C22H27N5O/c1-22(2,3)18-7-5-6-8-19(18)25-21-26-20(15-24-27-21)23-14-13-16-9-11-17(28-4)12-10-16/h5-12,15H,13-14H2,1-4H3,(H2,23,25,26,27). The van der Waals surface area contributed by atoms with Crippen LogP contribution in [0.5, 0.6) is 5.75 Å². The summed E-state index contributed by atoms with van der Waals surface area (Å²) in [6.45, 7) is 7.31. The molecule has 6 nitrogen and oxygen atoms in total. The second-order valence-corrected chi connectivity index (χ2v) is 7.61. The number of para-hydroxylation sites is 1. The lowest BCUT2D eigenvalue weighted by Gasteiger charge is -2.22. The highest BCUT2D eigenvalue weighted by Crippen LogP contribution is 2.30. The monoisotopic (exact) mass is 377 g/mol. The van der Waals surface area contributed by atoms with E-state index < -0.39 is 0 Å². The molecule has 3 rings (SSSR count). The molecule has 1 aromatic heterocycles. The molecule has 1 heterocycles. The van der Waals surface area contributed by atoms with E-state index in [9.17, 15) is 0 Å². The molecule has 28 heavy (non-hydrogen) atoms. The van der Waals surface area contributed by atoms with Gasteiger partial charge in [-0.15, -0.1) is 5.10 Å². The molecular weight excluding hydrogens is 350 g/mol. The van der Waals surface area contributed by atoms with Gasteiger partial charge < -0.3 is 15.4 Å². The van der Waals surface area contributed by atoms with Crippen molar-refractivity contribution in [1.29, 1.82) is 0 Å². The Morgan fingerprint density at radius 1 is 1.00 bits per heavy atom. The summed E-state index contributed by atoms with van der Waals surface area (Å²) in [4.78, 5) is 4.53. The molecule has 3 aromatic rings. The van der Waals surface area contributed by atoms with Crippen LogP contribution in [0.1, 0.15) is 31.9 Å². The smallest absolute Gasteiger partial charge is 0.249 e.